The Morgan fingerprint density at radius 1 is 1.23 bits per heavy atom. The maximum absolute atomic E-state index is 13.1. The van der Waals surface area contributed by atoms with Gasteiger partial charge in [0.1, 0.15) is 11.9 Å². The van der Waals surface area contributed by atoms with Gasteiger partial charge in [0.15, 0.2) is 0 Å². The Morgan fingerprint density at radius 2 is 1.97 bits per heavy atom. The number of amides is 2. The Morgan fingerprint density at radius 3 is 2.57 bits per heavy atom. The van der Waals surface area contributed by atoms with Gasteiger partial charge >= 0.3 is 12.1 Å². The Labute approximate surface area is 177 Å². The number of methoxy groups -OCH3 is 1. The van der Waals surface area contributed by atoms with Crippen molar-refractivity contribution in [3.8, 4) is 0 Å². The van der Waals surface area contributed by atoms with E-state index in [9.17, 15) is 18.8 Å². The van der Waals surface area contributed by atoms with E-state index in [0.29, 0.717) is 5.56 Å². The molecule has 1 aliphatic rings. The number of thiophene rings is 1. The van der Waals surface area contributed by atoms with Crippen molar-refractivity contribution < 1.29 is 28.2 Å². The zero-order valence-electron chi connectivity index (χ0n) is 16.7. The predicted octanol–water partition coefficient (Wildman–Crippen LogP) is 3.26. The SMILES string of the molecule is CCOC(=O)C1CC(C(=O)NCc2ccc(F)cc2)N(C(=O)OC)C1c1cccs1. The number of carbonyl (C=O) groups is 3. The fourth-order valence-electron chi connectivity index (χ4n) is 3.63. The number of carbonyl (C=O) groups excluding carboxylic acids is 3. The zero-order chi connectivity index (χ0) is 21.7. The number of halogens is 1. The molecule has 3 rings (SSSR count). The van der Waals surface area contributed by atoms with Crippen LogP contribution >= 0.6 is 11.3 Å². The van der Waals surface area contributed by atoms with Crippen molar-refractivity contribution in [3.05, 3.63) is 58.0 Å². The minimum Gasteiger partial charge on any atom is -0.466 e. The number of benzene rings is 1. The summed E-state index contributed by atoms with van der Waals surface area (Å²) in [7, 11) is 1.24. The highest BCUT2D eigenvalue weighted by atomic mass is 32.1. The highest BCUT2D eigenvalue weighted by molar-refractivity contribution is 7.10. The van der Waals surface area contributed by atoms with Crippen LogP contribution in [0.2, 0.25) is 0 Å². The molecule has 3 atom stereocenters. The summed E-state index contributed by atoms with van der Waals surface area (Å²) >= 11 is 1.39. The molecule has 0 radical (unpaired) electrons. The predicted molar refractivity (Wildman–Crippen MR) is 108 cm³/mol. The van der Waals surface area contributed by atoms with Crippen molar-refractivity contribution in [3.63, 3.8) is 0 Å². The molecule has 160 valence electrons. The minimum absolute atomic E-state index is 0.117. The molecular formula is C21H23FN2O5S. The largest absolute Gasteiger partial charge is 0.466 e. The Bertz CT molecular complexity index is 887. The van der Waals surface area contributed by atoms with Gasteiger partial charge in [0.2, 0.25) is 5.91 Å². The van der Waals surface area contributed by atoms with Gasteiger partial charge in [0, 0.05) is 11.4 Å². The van der Waals surface area contributed by atoms with Gasteiger partial charge in [0.05, 0.1) is 25.7 Å². The van der Waals surface area contributed by atoms with Gasteiger partial charge in [-0.2, -0.15) is 0 Å². The molecule has 1 aliphatic heterocycles. The van der Waals surface area contributed by atoms with Gasteiger partial charge in [-0.15, -0.1) is 11.3 Å². The lowest BCUT2D eigenvalue weighted by Gasteiger charge is -2.28. The van der Waals surface area contributed by atoms with Crippen LogP contribution in [0.4, 0.5) is 9.18 Å². The number of esters is 1. The van der Waals surface area contributed by atoms with Crippen molar-refractivity contribution in [2.24, 2.45) is 5.92 Å². The molecule has 2 aromatic rings. The third-order valence-electron chi connectivity index (χ3n) is 4.99. The first-order valence-electron chi connectivity index (χ1n) is 9.54. The van der Waals surface area contributed by atoms with Gasteiger partial charge in [-0.25, -0.2) is 9.18 Å². The van der Waals surface area contributed by atoms with E-state index in [1.165, 1.54) is 35.5 Å². The van der Waals surface area contributed by atoms with Crippen LogP contribution in [0.5, 0.6) is 0 Å². The minimum atomic E-state index is -0.903. The number of rotatable bonds is 6. The van der Waals surface area contributed by atoms with E-state index in [1.807, 2.05) is 17.5 Å². The zero-order valence-corrected chi connectivity index (χ0v) is 17.5. The summed E-state index contributed by atoms with van der Waals surface area (Å²) in [6.45, 7) is 2.07. The lowest BCUT2D eigenvalue weighted by molar-refractivity contribution is -0.148. The summed E-state index contributed by atoms with van der Waals surface area (Å²) < 4.78 is 23.2. The van der Waals surface area contributed by atoms with Gasteiger partial charge in [-0.3, -0.25) is 14.5 Å². The number of hydrogen-bond donors (Lipinski definition) is 1. The van der Waals surface area contributed by atoms with Crippen molar-refractivity contribution in [1.82, 2.24) is 10.2 Å². The smallest absolute Gasteiger partial charge is 0.410 e. The van der Waals surface area contributed by atoms with Gasteiger partial charge in [-0.1, -0.05) is 18.2 Å². The molecule has 0 saturated carbocycles. The van der Waals surface area contributed by atoms with Crippen LogP contribution in [0.1, 0.15) is 29.8 Å². The second-order valence-electron chi connectivity index (χ2n) is 6.79. The van der Waals surface area contributed by atoms with Crippen LogP contribution in [0.15, 0.2) is 41.8 Å². The first-order valence-corrected chi connectivity index (χ1v) is 10.4. The molecule has 2 amide bonds. The lowest BCUT2D eigenvalue weighted by Crippen LogP contribution is -2.46. The molecule has 0 bridgehead atoms. The Kier molecular flexibility index (Phi) is 7.04. The summed E-state index contributed by atoms with van der Waals surface area (Å²) in [6, 6.07) is 7.83. The fourth-order valence-corrected chi connectivity index (χ4v) is 4.52. The van der Waals surface area contributed by atoms with Crippen molar-refractivity contribution in [1.29, 1.82) is 0 Å². The first-order chi connectivity index (χ1) is 14.5. The van der Waals surface area contributed by atoms with Crippen LogP contribution in [0.3, 0.4) is 0 Å². The van der Waals surface area contributed by atoms with Gasteiger partial charge < -0.3 is 14.8 Å². The maximum atomic E-state index is 13.1. The van der Waals surface area contributed by atoms with Crippen LogP contribution in [0, 0.1) is 11.7 Å². The summed E-state index contributed by atoms with van der Waals surface area (Å²) in [5.74, 6) is -1.94. The van der Waals surface area contributed by atoms with Crippen LogP contribution in [0.25, 0.3) is 0 Å². The molecule has 1 saturated heterocycles. The number of likely N-dealkylation sites (tertiary alicyclic amines) is 1. The molecule has 1 fully saturated rings. The van der Waals surface area contributed by atoms with E-state index in [4.69, 9.17) is 9.47 Å². The van der Waals surface area contributed by atoms with Crippen LogP contribution < -0.4 is 5.32 Å². The van der Waals surface area contributed by atoms with Crippen LogP contribution in [-0.2, 0) is 25.6 Å². The average Bonchev–Trinajstić information content (AvgIpc) is 3.40. The number of nitrogens with zero attached hydrogens (tertiary/aromatic N) is 1. The molecule has 9 heteroatoms. The van der Waals surface area contributed by atoms with Crippen molar-refractivity contribution in [2.75, 3.05) is 13.7 Å². The summed E-state index contributed by atoms with van der Waals surface area (Å²) in [5, 5.41) is 4.61. The van der Waals surface area contributed by atoms with E-state index in [0.717, 1.165) is 4.88 Å². The third kappa shape index (κ3) is 4.62. The van der Waals surface area contributed by atoms with Crippen molar-refractivity contribution >= 4 is 29.3 Å². The molecule has 7 nitrogen and oxygen atoms in total. The van der Waals surface area contributed by atoms with E-state index in [-0.39, 0.29) is 25.4 Å². The summed E-state index contributed by atoms with van der Waals surface area (Å²) in [5.41, 5.74) is 0.712. The molecule has 1 aromatic carbocycles. The first kappa shape index (κ1) is 21.8. The van der Waals surface area contributed by atoms with E-state index >= 15 is 0 Å². The topological polar surface area (TPSA) is 84.9 Å². The molecule has 1 N–H and O–H groups in total. The average molecular weight is 434 g/mol. The second-order valence-corrected chi connectivity index (χ2v) is 7.77. The normalized spacial score (nSPS) is 20.6. The summed E-state index contributed by atoms with van der Waals surface area (Å²) in [6.07, 6.45) is -0.576. The Balaban J connectivity index is 1.85. The number of ether oxygens (including phenoxy) is 2. The Hall–Kier alpha value is -2.94. The van der Waals surface area contributed by atoms with Gasteiger partial charge in [-0.05, 0) is 42.5 Å². The standard InChI is InChI=1S/C21H23FN2O5S/c1-3-29-20(26)15-11-16(19(25)23-12-13-6-8-14(22)9-7-13)24(21(27)28-2)18(15)17-5-4-10-30-17/h4-10,15-16,18H,3,11-12H2,1-2H3,(H,23,25). The number of nitrogens with one attached hydrogen (secondary N) is 1. The molecular weight excluding hydrogens is 411 g/mol. The van der Waals surface area contributed by atoms with Crippen molar-refractivity contribution in [2.45, 2.75) is 32.0 Å². The van der Waals surface area contributed by atoms with E-state index in [2.05, 4.69) is 5.32 Å². The van der Waals surface area contributed by atoms with Gasteiger partial charge in [0.25, 0.3) is 0 Å². The van der Waals surface area contributed by atoms with E-state index in [1.54, 1.807) is 19.1 Å². The molecule has 3 unspecified atom stereocenters. The molecule has 2 heterocycles. The molecule has 0 spiro atoms. The molecule has 0 aliphatic carbocycles. The second kappa shape index (κ2) is 9.71. The molecule has 30 heavy (non-hydrogen) atoms. The lowest BCUT2D eigenvalue weighted by atomic mass is 9.97. The maximum Gasteiger partial charge on any atom is 0.410 e. The highest BCUT2D eigenvalue weighted by Gasteiger charge is 2.52. The quantitative estimate of drug-likeness (QED) is 0.706. The molecule has 1 aromatic heterocycles. The summed E-state index contributed by atoms with van der Waals surface area (Å²) in [4.78, 5) is 40.3. The number of hydrogen-bond acceptors (Lipinski definition) is 6. The van der Waals surface area contributed by atoms with E-state index < -0.39 is 36.0 Å². The fraction of sp³-hybridized carbons (Fsp3) is 0.381. The van der Waals surface area contributed by atoms with Crippen LogP contribution in [-0.4, -0.2) is 42.6 Å². The monoisotopic (exact) mass is 434 g/mol. The third-order valence-corrected chi connectivity index (χ3v) is 5.93. The highest BCUT2D eigenvalue weighted by Crippen LogP contribution is 2.43.